The van der Waals surface area contributed by atoms with Gasteiger partial charge in [-0.25, -0.2) is 19.3 Å². The molecule has 27 heavy (non-hydrogen) atoms. The highest BCUT2D eigenvalue weighted by Crippen LogP contribution is 2.27. The summed E-state index contributed by atoms with van der Waals surface area (Å²) >= 11 is 0. The standard InChI is InChI=1S/C21H22FN5/c22-18-9-7-16(8-10-18)14-27-13-2-4-17(15-27)19-5-1-6-20(25-19)26-21-23-11-3-12-24-21/h1,3,5-12,17H,2,4,13-15H2,(H,23,24,25,26)/t17-/m1/s1. The predicted octanol–water partition coefficient (Wildman–Crippen LogP) is 4.13. The molecular weight excluding hydrogens is 341 g/mol. The number of rotatable bonds is 5. The lowest BCUT2D eigenvalue weighted by molar-refractivity contribution is 0.198. The molecule has 1 N–H and O–H groups in total. The van der Waals surface area contributed by atoms with Crippen molar-refractivity contribution >= 4 is 11.8 Å². The maximum atomic E-state index is 13.1. The first kappa shape index (κ1) is 17.5. The molecule has 0 aliphatic carbocycles. The quantitative estimate of drug-likeness (QED) is 0.738. The Kier molecular flexibility index (Phi) is 5.34. The number of nitrogens with one attached hydrogen (secondary N) is 1. The van der Waals surface area contributed by atoms with Crippen LogP contribution in [0.4, 0.5) is 16.2 Å². The Morgan fingerprint density at radius 3 is 2.67 bits per heavy atom. The van der Waals surface area contributed by atoms with E-state index in [1.165, 1.54) is 12.1 Å². The van der Waals surface area contributed by atoms with Gasteiger partial charge in [-0.3, -0.25) is 4.90 Å². The monoisotopic (exact) mass is 363 g/mol. The van der Waals surface area contributed by atoms with Crippen LogP contribution in [-0.2, 0) is 6.54 Å². The van der Waals surface area contributed by atoms with Crippen LogP contribution < -0.4 is 5.32 Å². The third-order valence-electron chi connectivity index (χ3n) is 4.82. The topological polar surface area (TPSA) is 53.9 Å². The van der Waals surface area contributed by atoms with E-state index in [1.807, 2.05) is 24.3 Å². The van der Waals surface area contributed by atoms with Crippen molar-refractivity contribution in [2.45, 2.75) is 25.3 Å². The molecule has 3 aromatic rings. The first-order valence-electron chi connectivity index (χ1n) is 9.24. The first-order chi connectivity index (χ1) is 13.3. The van der Waals surface area contributed by atoms with Gasteiger partial charge in [-0.2, -0.15) is 0 Å². The van der Waals surface area contributed by atoms with Crippen LogP contribution in [0, 0.1) is 5.82 Å². The first-order valence-corrected chi connectivity index (χ1v) is 9.24. The van der Waals surface area contributed by atoms with Gasteiger partial charge in [0.25, 0.3) is 0 Å². The van der Waals surface area contributed by atoms with Crippen molar-refractivity contribution in [3.8, 4) is 0 Å². The van der Waals surface area contributed by atoms with Crippen molar-refractivity contribution in [2.24, 2.45) is 0 Å². The molecule has 1 aromatic carbocycles. The molecule has 0 amide bonds. The molecule has 1 atom stereocenters. The van der Waals surface area contributed by atoms with Crippen molar-refractivity contribution in [1.29, 1.82) is 0 Å². The Balaban J connectivity index is 1.43. The fraction of sp³-hybridized carbons (Fsp3) is 0.286. The number of nitrogens with zero attached hydrogens (tertiary/aromatic N) is 4. The van der Waals surface area contributed by atoms with Crippen molar-refractivity contribution in [2.75, 3.05) is 18.4 Å². The van der Waals surface area contributed by atoms with Crippen LogP contribution >= 0.6 is 0 Å². The number of benzene rings is 1. The average Bonchev–Trinajstić information content (AvgIpc) is 2.71. The van der Waals surface area contributed by atoms with E-state index in [0.717, 1.165) is 49.6 Å². The molecule has 6 heteroatoms. The number of hydrogen-bond donors (Lipinski definition) is 1. The van der Waals surface area contributed by atoms with Gasteiger partial charge in [0.2, 0.25) is 5.95 Å². The van der Waals surface area contributed by atoms with Crippen LogP contribution in [0.1, 0.15) is 30.0 Å². The summed E-state index contributed by atoms with van der Waals surface area (Å²) in [4.78, 5) is 15.6. The van der Waals surface area contributed by atoms with E-state index < -0.39 is 0 Å². The normalized spacial score (nSPS) is 17.6. The highest BCUT2D eigenvalue weighted by Gasteiger charge is 2.22. The van der Waals surface area contributed by atoms with Gasteiger partial charge < -0.3 is 5.32 Å². The Morgan fingerprint density at radius 2 is 1.85 bits per heavy atom. The van der Waals surface area contributed by atoms with Gasteiger partial charge in [0.1, 0.15) is 11.6 Å². The van der Waals surface area contributed by atoms with E-state index >= 15 is 0 Å². The van der Waals surface area contributed by atoms with Crippen molar-refractivity contribution < 1.29 is 4.39 Å². The van der Waals surface area contributed by atoms with Crippen LogP contribution in [0.2, 0.25) is 0 Å². The number of piperidine rings is 1. The Morgan fingerprint density at radius 1 is 1.04 bits per heavy atom. The lowest BCUT2D eigenvalue weighted by atomic mass is 9.94. The molecule has 1 aliphatic heterocycles. The van der Waals surface area contributed by atoms with E-state index in [1.54, 1.807) is 18.5 Å². The molecule has 2 aromatic heterocycles. The fourth-order valence-electron chi connectivity index (χ4n) is 3.52. The van der Waals surface area contributed by atoms with Crippen LogP contribution in [0.25, 0.3) is 0 Å². The largest absolute Gasteiger partial charge is 0.309 e. The maximum absolute atomic E-state index is 13.1. The van der Waals surface area contributed by atoms with Crippen LogP contribution in [0.5, 0.6) is 0 Å². The van der Waals surface area contributed by atoms with Crippen molar-refractivity contribution in [3.05, 3.63) is 78.0 Å². The third-order valence-corrected chi connectivity index (χ3v) is 4.82. The summed E-state index contributed by atoms with van der Waals surface area (Å²) in [7, 11) is 0. The molecule has 0 radical (unpaired) electrons. The minimum Gasteiger partial charge on any atom is -0.309 e. The minimum absolute atomic E-state index is 0.189. The number of halogens is 1. The predicted molar refractivity (Wildman–Crippen MR) is 103 cm³/mol. The van der Waals surface area contributed by atoms with Crippen molar-refractivity contribution in [1.82, 2.24) is 19.9 Å². The second-order valence-electron chi connectivity index (χ2n) is 6.85. The zero-order valence-electron chi connectivity index (χ0n) is 15.1. The molecule has 4 rings (SSSR count). The molecule has 0 unspecified atom stereocenters. The molecular formula is C21H22FN5. The molecule has 0 saturated carbocycles. The Bertz CT molecular complexity index is 869. The van der Waals surface area contributed by atoms with Gasteiger partial charge in [0.15, 0.2) is 0 Å². The third kappa shape index (κ3) is 4.65. The minimum atomic E-state index is -0.189. The Labute approximate surface area is 158 Å². The summed E-state index contributed by atoms with van der Waals surface area (Å²) in [6, 6.07) is 14.6. The summed E-state index contributed by atoms with van der Waals surface area (Å²) in [5, 5.41) is 3.16. The fourth-order valence-corrected chi connectivity index (χ4v) is 3.52. The number of aromatic nitrogens is 3. The number of likely N-dealkylation sites (tertiary alicyclic amines) is 1. The Hall–Kier alpha value is -2.86. The molecule has 3 heterocycles. The SMILES string of the molecule is Fc1ccc(CN2CCC[C@@H](c3cccc(Nc4ncccn4)n3)C2)cc1. The lowest BCUT2D eigenvalue weighted by Crippen LogP contribution is -2.34. The highest BCUT2D eigenvalue weighted by molar-refractivity contribution is 5.47. The summed E-state index contributed by atoms with van der Waals surface area (Å²) < 4.78 is 13.1. The average molecular weight is 363 g/mol. The number of pyridine rings is 1. The molecule has 1 aliphatic rings. The summed E-state index contributed by atoms with van der Waals surface area (Å²) in [5.74, 6) is 1.50. The maximum Gasteiger partial charge on any atom is 0.228 e. The van der Waals surface area contributed by atoms with E-state index in [-0.39, 0.29) is 5.82 Å². The van der Waals surface area contributed by atoms with Crippen LogP contribution in [0.15, 0.2) is 60.9 Å². The van der Waals surface area contributed by atoms with Gasteiger partial charge in [-0.05, 0) is 55.3 Å². The van der Waals surface area contributed by atoms with E-state index in [2.05, 4.69) is 26.3 Å². The summed E-state index contributed by atoms with van der Waals surface area (Å²) in [6.45, 7) is 2.85. The summed E-state index contributed by atoms with van der Waals surface area (Å²) in [5.41, 5.74) is 2.22. The summed E-state index contributed by atoms with van der Waals surface area (Å²) in [6.07, 6.45) is 5.66. The van der Waals surface area contributed by atoms with Gasteiger partial charge in [-0.15, -0.1) is 0 Å². The highest BCUT2D eigenvalue weighted by atomic mass is 19.1. The smallest absolute Gasteiger partial charge is 0.228 e. The van der Waals surface area contributed by atoms with Gasteiger partial charge in [-0.1, -0.05) is 18.2 Å². The van der Waals surface area contributed by atoms with Crippen LogP contribution in [-0.4, -0.2) is 32.9 Å². The van der Waals surface area contributed by atoms with E-state index in [0.29, 0.717) is 11.9 Å². The molecule has 5 nitrogen and oxygen atoms in total. The second-order valence-corrected chi connectivity index (χ2v) is 6.85. The zero-order valence-corrected chi connectivity index (χ0v) is 15.1. The lowest BCUT2D eigenvalue weighted by Gasteiger charge is -2.32. The van der Waals surface area contributed by atoms with E-state index in [4.69, 9.17) is 4.98 Å². The number of hydrogen-bond acceptors (Lipinski definition) is 5. The van der Waals surface area contributed by atoms with E-state index in [9.17, 15) is 4.39 Å². The van der Waals surface area contributed by atoms with Gasteiger partial charge >= 0.3 is 0 Å². The van der Waals surface area contributed by atoms with Gasteiger partial charge in [0.05, 0.1) is 0 Å². The van der Waals surface area contributed by atoms with Crippen LogP contribution in [0.3, 0.4) is 0 Å². The molecule has 0 bridgehead atoms. The zero-order chi connectivity index (χ0) is 18.5. The molecule has 1 saturated heterocycles. The molecule has 1 fully saturated rings. The van der Waals surface area contributed by atoms with Gasteiger partial charge in [0, 0.05) is 37.1 Å². The van der Waals surface area contributed by atoms with Crippen molar-refractivity contribution in [3.63, 3.8) is 0 Å². The molecule has 138 valence electrons. The second kappa shape index (κ2) is 8.22. The number of anilines is 2. The molecule has 0 spiro atoms.